The van der Waals surface area contributed by atoms with E-state index in [2.05, 4.69) is 50.2 Å². The molecule has 2 heterocycles. The van der Waals surface area contributed by atoms with Gasteiger partial charge in [0.1, 0.15) is 22.8 Å². The van der Waals surface area contributed by atoms with Gasteiger partial charge in [0.25, 0.3) is 0 Å². The number of benzene rings is 2. The zero-order valence-electron chi connectivity index (χ0n) is 16.4. The van der Waals surface area contributed by atoms with Crippen LogP contribution in [0.5, 0.6) is 11.5 Å². The minimum Gasteiger partial charge on any atom is -0.492 e. The molecule has 1 atom stereocenters. The minimum absolute atomic E-state index is 0.122. The molecular weight excluding hydrogens is 338 g/mol. The molecule has 0 amide bonds. The Hall–Kier alpha value is -2.36. The predicted octanol–water partition coefficient (Wildman–Crippen LogP) is 5.86. The van der Waals surface area contributed by atoms with Crippen molar-refractivity contribution in [3.8, 4) is 11.5 Å². The van der Waals surface area contributed by atoms with Gasteiger partial charge in [0.05, 0.1) is 6.61 Å². The van der Waals surface area contributed by atoms with Crippen LogP contribution in [0.2, 0.25) is 0 Å². The first-order chi connectivity index (χ1) is 13.0. The van der Waals surface area contributed by atoms with Crippen molar-refractivity contribution in [3.05, 3.63) is 57.5 Å². The van der Waals surface area contributed by atoms with Gasteiger partial charge < -0.3 is 9.47 Å². The highest BCUT2D eigenvalue weighted by Crippen LogP contribution is 2.44. The number of hydrogen-bond acceptors (Lipinski definition) is 4. The molecule has 142 valence electrons. The van der Waals surface area contributed by atoms with E-state index in [-0.39, 0.29) is 11.5 Å². The van der Waals surface area contributed by atoms with Crippen molar-refractivity contribution in [2.75, 3.05) is 6.61 Å². The highest BCUT2D eigenvalue weighted by molar-refractivity contribution is 5.55. The first-order valence-corrected chi connectivity index (χ1v) is 9.93. The van der Waals surface area contributed by atoms with Crippen LogP contribution in [0.3, 0.4) is 0 Å². The molecule has 2 aliphatic rings. The predicted molar refractivity (Wildman–Crippen MR) is 107 cm³/mol. The van der Waals surface area contributed by atoms with Crippen LogP contribution in [0.15, 0.2) is 35.5 Å². The van der Waals surface area contributed by atoms with Gasteiger partial charge >= 0.3 is 0 Å². The Bertz CT molecular complexity index is 872. The van der Waals surface area contributed by atoms with E-state index in [9.17, 15) is 4.91 Å². The van der Waals surface area contributed by atoms with Crippen molar-refractivity contribution >= 4 is 5.69 Å². The van der Waals surface area contributed by atoms with Gasteiger partial charge in [-0.1, -0.05) is 31.5 Å². The lowest BCUT2D eigenvalue weighted by Gasteiger charge is -2.35. The molecular formula is C23H27NO3. The number of ether oxygens (including phenoxy) is 2. The second kappa shape index (κ2) is 6.99. The fourth-order valence-corrected chi connectivity index (χ4v) is 4.27. The fraction of sp³-hybridized carbons (Fsp3) is 0.478. The number of nitroso groups, excluding NO2 is 1. The van der Waals surface area contributed by atoms with Gasteiger partial charge in [0.15, 0.2) is 0 Å². The molecule has 0 radical (unpaired) electrons. The SMILES string of the molecule is CCCc1ccc(C2COc3c(ccc4c3CCC(C)(C)O4)C2)c(N=O)c1. The van der Waals surface area contributed by atoms with Crippen LogP contribution in [0.25, 0.3) is 0 Å². The Balaban J connectivity index is 1.62. The zero-order chi connectivity index (χ0) is 19.0. The van der Waals surface area contributed by atoms with Crippen LogP contribution in [0.4, 0.5) is 5.69 Å². The van der Waals surface area contributed by atoms with Crippen molar-refractivity contribution in [2.24, 2.45) is 5.18 Å². The Kier molecular flexibility index (Phi) is 4.67. The van der Waals surface area contributed by atoms with Crippen molar-refractivity contribution in [3.63, 3.8) is 0 Å². The van der Waals surface area contributed by atoms with E-state index in [0.29, 0.717) is 12.3 Å². The smallest absolute Gasteiger partial charge is 0.129 e. The van der Waals surface area contributed by atoms with E-state index in [1.54, 1.807) is 0 Å². The molecule has 2 aliphatic heterocycles. The zero-order valence-corrected chi connectivity index (χ0v) is 16.4. The Morgan fingerprint density at radius 2 is 2.07 bits per heavy atom. The topological polar surface area (TPSA) is 47.9 Å². The first-order valence-electron chi connectivity index (χ1n) is 9.93. The van der Waals surface area contributed by atoms with Gasteiger partial charge in [-0.25, -0.2) is 0 Å². The summed E-state index contributed by atoms with van der Waals surface area (Å²) in [5.74, 6) is 2.09. The highest BCUT2D eigenvalue weighted by atomic mass is 16.5. The quantitative estimate of drug-likeness (QED) is 0.638. The highest BCUT2D eigenvalue weighted by Gasteiger charge is 2.32. The summed E-state index contributed by atoms with van der Waals surface area (Å²) in [6, 6.07) is 10.3. The van der Waals surface area contributed by atoms with Crippen LogP contribution in [0, 0.1) is 4.91 Å². The first kappa shape index (κ1) is 18.0. The van der Waals surface area contributed by atoms with E-state index < -0.39 is 0 Å². The minimum atomic E-state index is -0.122. The average Bonchev–Trinajstić information content (AvgIpc) is 2.66. The van der Waals surface area contributed by atoms with Crippen LogP contribution in [0.1, 0.15) is 61.8 Å². The average molecular weight is 365 g/mol. The summed E-state index contributed by atoms with van der Waals surface area (Å²) in [6.07, 6.45) is 4.85. The summed E-state index contributed by atoms with van der Waals surface area (Å²) in [5, 5.41) is 3.31. The number of aryl methyl sites for hydroxylation is 1. The van der Waals surface area contributed by atoms with E-state index >= 15 is 0 Å². The van der Waals surface area contributed by atoms with E-state index in [1.165, 1.54) is 16.7 Å². The van der Waals surface area contributed by atoms with Gasteiger partial charge in [0.2, 0.25) is 0 Å². The molecule has 0 spiro atoms. The van der Waals surface area contributed by atoms with E-state index in [4.69, 9.17) is 9.47 Å². The van der Waals surface area contributed by atoms with E-state index in [1.807, 2.05) is 6.07 Å². The lowest BCUT2D eigenvalue weighted by Crippen LogP contribution is -2.33. The molecule has 2 aromatic carbocycles. The summed E-state index contributed by atoms with van der Waals surface area (Å²) in [5.41, 5.74) is 4.98. The largest absolute Gasteiger partial charge is 0.492 e. The van der Waals surface area contributed by atoms with Crippen LogP contribution in [-0.4, -0.2) is 12.2 Å². The van der Waals surface area contributed by atoms with Crippen LogP contribution < -0.4 is 9.47 Å². The van der Waals surface area contributed by atoms with Crippen LogP contribution >= 0.6 is 0 Å². The second-order valence-corrected chi connectivity index (χ2v) is 8.34. The third-order valence-electron chi connectivity index (χ3n) is 5.73. The summed E-state index contributed by atoms with van der Waals surface area (Å²) in [4.78, 5) is 11.4. The number of fused-ring (bicyclic) bond motifs is 3. The number of nitrogens with zero attached hydrogens (tertiary/aromatic N) is 1. The molecule has 0 aromatic heterocycles. The second-order valence-electron chi connectivity index (χ2n) is 8.34. The van der Waals surface area contributed by atoms with E-state index in [0.717, 1.165) is 49.2 Å². The molecule has 0 bridgehead atoms. The number of hydrogen-bond donors (Lipinski definition) is 0. The third-order valence-corrected chi connectivity index (χ3v) is 5.73. The van der Waals surface area contributed by atoms with Gasteiger partial charge in [-0.15, -0.1) is 4.91 Å². The molecule has 0 aliphatic carbocycles. The van der Waals surface area contributed by atoms with Gasteiger partial charge in [-0.05, 0) is 73.5 Å². The van der Waals surface area contributed by atoms with Crippen molar-refractivity contribution in [2.45, 2.75) is 64.4 Å². The summed E-state index contributed by atoms with van der Waals surface area (Å²) < 4.78 is 12.3. The molecule has 0 saturated carbocycles. The van der Waals surface area contributed by atoms with Gasteiger partial charge in [-0.2, -0.15) is 0 Å². The fourth-order valence-electron chi connectivity index (χ4n) is 4.27. The maximum absolute atomic E-state index is 11.4. The van der Waals surface area contributed by atoms with Crippen molar-refractivity contribution in [1.82, 2.24) is 0 Å². The molecule has 4 rings (SSSR count). The lowest BCUT2D eigenvalue weighted by molar-refractivity contribution is 0.0827. The summed E-state index contributed by atoms with van der Waals surface area (Å²) in [7, 11) is 0. The summed E-state index contributed by atoms with van der Waals surface area (Å²) >= 11 is 0. The molecule has 0 saturated heterocycles. The summed E-state index contributed by atoms with van der Waals surface area (Å²) in [6.45, 7) is 6.96. The molecule has 0 fully saturated rings. The van der Waals surface area contributed by atoms with Crippen molar-refractivity contribution < 1.29 is 9.47 Å². The third kappa shape index (κ3) is 3.45. The maximum atomic E-state index is 11.4. The normalized spacial score (nSPS) is 20.0. The lowest BCUT2D eigenvalue weighted by atomic mass is 9.85. The monoisotopic (exact) mass is 365 g/mol. The van der Waals surface area contributed by atoms with Crippen molar-refractivity contribution in [1.29, 1.82) is 0 Å². The standard InChI is InChI=1S/C23H27NO3/c1-4-5-15-6-8-18(20(12-15)24-25)17-13-16-7-9-21-19(22(16)26-14-17)10-11-23(2,3)27-21/h6-9,12,17H,4-5,10-11,13-14H2,1-3H3. The Labute approximate surface area is 160 Å². The molecule has 0 N–H and O–H groups in total. The molecule has 1 unspecified atom stereocenters. The Morgan fingerprint density at radius 3 is 2.85 bits per heavy atom. The molecule has 27 heavy (non-hydrogen) atoms. The van der Waals surface area contributed by atoms with Gasteiger partial charge in [0, 0.05) is 11.5 Å². The maximum Gasteiger partial charge on any atom is 0.129 e. The molecule has 4 heteroatoms. The molecule has 4 nitrogen and oxygen atoms in total. The van der Waals surface area contributed by atoms with Crippen LogP contribution in [-0.2, 0) is 19.3 Å². The Morgan fingerprint density at radius 1 is 1.22 bits per heavy atom. The number of rotatable bonds is 4. The van der Waals surface area contributed by atoms with Gasteiger partial charge in [-0.3, -0.25) is 0 Å². The molecule has 2 aromatic rings.